The van der Waals surface area contributed by atoms with E-state index in [1.54, 1.807) is 39.9 Å². The molecule has 3 aromatic carbocycles. The van der Waals surface area contributed by atoms with E-state index in [9.17, 15) is 14.4 Å². The van der Waals surface area contributed by atoms with Gasteiger partial charge in [0.1, 0.15) is 0 Å². The maximum Gasteiger partial charge on any atom is 0.274 e. The van der Waals surface area contributed by atoms with E-state index >= 15 is 0 Å². The van der Waals surface area contributed by atoms with Crippen molar-refractivity contribution in [2.45, 2.75) is 58.2 Å². The van der Waals surface area contributed by atoms with Crippen molar-refractivity contribution in [3.63, 3.8) is 0 Å². The molecule has 3 aliphatic rings. The molecule has 18 nitrogen and oxygen atoms in total. The second-order valence-corrected chi connectivity index (χ2v) is 24.7. The molecule has 87 heavy (non-hydrogen) atoms. The Labute approximate surface area is 523 Å². The minimum Gasteiger partial charge on any atom is -0.330 e. The van der Waals surface area contributed by atoms with E-state index < -0.39 is 0 Å². The first-order chi connectivity index (χ1) is 42.0. The topological polar surface area (TPSA) is 166 Å². The SMILES string of the molecule is CC1c2c(cccc2-c2cnn(C)c2)CCN1C(=O)c1cc2ccc(Br)cn2n1.CC1c2c(cccc2-c2cnn(C)c2)CCN1C(=O)c1cc2ccc(Cl)cn2n1.CC1c2cc(-c3cnn(C)c3)ccc2CCN1C(=O)c1cc2ccc(Br)cn2n1. The molecular weight excluding hydrogens is 1250 g/mol. The predicted molar refractivity (Wildman–Crippen MR) is 341 cm³/mol. The molecule has 0 bridgehead atoms. The fourth-order valence-corrected chi connectivity index (χ4v) is 13.3. The Morgan fingerprint density at radius 1 is 0.448 bits per heavy atom. The Morgan fingerprint density at radius 2 is 0.862 bits per heavy atom. The predicted octanol–water partition coefficient (Wildman–Crippen LogP) is 12.7. The number of fused-ring (bicyclic) bond motifs is 6. The zero-order valence-corrected chi connectivity index (χ0v) is 52.6. The van der Waals surface area contributed by atoms with Gasteiger partial charge in [0, 0.05) is 104 Å². The Morgan fingerprint density at radius 3 is 1.31 bits per heavy atom. The van der Waals surface area contributed by atoms with E-state index in [-0.39, 0.29) is 35.8 Å². The molecule has 21 heteroatoms. The number of benzene rings is 3. The zero-order valence-electron chi connectivity index (χ0n) is 48.6. The number of pyridine rings is 3. The molecule has 15 rings (SSSR count). The van der Waals surface area contributed by atoms with Crippen LogP contribution in [0.2, 0.25) is 5.02 Å². The largest absolute Gasteiger partial charge is 0.330 e. The fraction of sp³-hybridized carbons (Fsp3) is 0.227. The Hall–Kier alpha value is -8.98. The van der Waals surface area contributed by atoms with Crippen molar-refractivity contribution in [1.82, 2.24) is 72.9 Å². The van der Waals surface area contributed by atoms with E-state index in [4.69, 9.17) is 11.6 Å². The van der Waals surface area contributed by atoms with E-state index in [0.29, 0.717) is 41.7 Å². The van der Waals surface area contributed by atoms with Crippen molar-refractivity contribution in [2.75, 3.05) is 19.6 Å². The van der Waals surface area contributed by atoms with Crippen molar-refractivity contribution in [2.24, 2.45) is 21.1 Å². The first-order valence-electron chi connectivity index (χ1n) is 28.7. The molecule has 0 N–H and O–H groups in total. The lowest BCUT2D eigenvalue weighted by Crippen LogP contribution is -2.39. The molecular formula is C66H60Br2ClN15O3. The molecule has 0 saturated carbocycles. The monoisotopic (exact) mass is 1300 g/mol. The minimum atomic E-state index is -0.0658. The summed E-state index contributed by atoms with van der Waals surface area (Å²) in [5.74, 6) is -0.136. The molecule has 438 valence electrons. The lowest BCUT2D eigenvalue weighted by molar-refractivity contribution is 0.0663. The number of halogens is 3. The van der Waals surface area contributed by atoms with Gasteiger partial charge in [-0.15, -0.1) is 0 Å². The molecule has 3 amide bonds. The molecule has 0 spiro atoms. The molecule has 0 aliphatic carbocycles. The third-order valence-electron chi connectivity index (χ3n) is 16.9. The van der Waals surface area contributed by atoms with Crippen LogP contribution in [0, 0.1) is 0 Å². The van der Waals surface area contributed by atoms with Crippen LogP contribution in [-0.4, -0.2) is 110 Å². The number of hydrogen-bond donors (Lipinski definition) is 0. The van der Waals surface area contributed by atoms with Crippen LogP contribution >= 0.6 is 43.5 Å². The van der Waals surface area contributed by atoms with Crippen LogP contribution in [0.15, 0.2) is 174 Å². The van der Waals surface area contributed by atoms with Gasteiger partial charge < -0.3 is 14.7 Å². The minimum absolute atomic E-state index is 0.0144. The summed E-state index contributed by atoms with van der Waals surface area (Å²) in [6.45, 7) is 8.32. The molecule has 0 saturated heterocycles. The Bertz CT molecular complexity index is 4450. The van der Waals surface area contributed by atoms with Gasteiger partial charge >= 0.3 is 0 Å². The summed E-state index contributed by atoms with van der Waals surface area (Å²) in [6, 6.07) is 36.1. The Kier molecular flexibility index (Phi) is 15.3. The number of aryl methyl sites for hydroxylation is 3. The third kappa shape index (κ3) is 11.2. The van der Waals surface area contributed by atoms with Crippen molar-refractivity contribution in [3.8, 4) is 33.4 Å². The van der Waals surface area contributed by atoms with Crippen LogP contribution < -0.4 is 0 Å². The number of carbonyl (C=O) groups is 3. The van der Waals surface area contributed by atoms with E-state index in [0.717, 1.165) is 78.1 Å². The van der Waals surface area contributed by atoms with Gasteiger partial charge in [0.05, 0.1) is 58.3 Å². The van der Waals surface area contributed by atoms with E-state index in [1.807, 2.05) is 134 Å². The summed E-state index contributed by atoms with van der Waals surface area (Å²) in [6.07, 6.45) is 19.6. The molecule has 12 heterocycles. The lowest BCUT2D eigenvalue weighted by atomic mass is 9.87. The number of carbonyl (C=O) groups excluding carboxylic acids is 3. The number of amides is 3. The molecule has 9 aromatic heterocycles. The number of hydrogen-bond acceptors (Lipinski definition) is 9. The van der Waals surface area contributed by atoms with Gasteiger partial charge in [0.15, 0.2) is 17.1 Å². The molecule has 3 atom stereocenters. The highest BCUT2D eigenvalue weighted by Crippen LogP contribution is 2.40. The number of aromatic nitrogens is 12. The van der Waals surface area contributed by atoms with Crippen LogP contribution in [0.25, 0.3) is 49.9 Å². The lowest BCUT2D eigenvalue weighted by Gasteiger charge is -2.36. The zero-order chi connectivity index (χ0) is 60.4. The van der Waals surface area contributed by atoms with Crippen LogP contribution in [0.4, 0.5) is 0 Å². The average Bonchev–Trinajstić information content (AvgIpc) is 2.00. The van der Waals surface area contributed by atoms with Gasteiger partial charge in [-0.1, -0.05) is 60.1 Å². The highest BCUT2D eigenvalue weighted by molar-refractivity contribution is 9.10. The van der Waals surface area contributed by atoms with Crippen molar-refractivity contribution in [1.29, 1.82) is 0 Å². The number of nitrogens with zero attached hydrogens (tertiary/aromatic N) is 15. The molecule has 0 fully saturated rings. The summed E-state index contributed by atoms with van der Waals surface area (Å²) in [5, 5.41) is 26.9. The molecule has 12 aromatic rings. The first-order valence-corrected chi connectivity index (χ1v) is 30.7. The smallest absolute Gasteiger partial charge is 0.274 e. The van der Waals surface area contributed by atoms with Crippen LogP contribution in [0.3, 0.4) is 0 Å². The summed E-state index contributed by atoms with van der Waals surface area (Å²) < 4.78 is 12.4. The summed E-state index contributed by atoms with van der Waals surface area (Å²) in [4.78, 5) is 45.7. The number of rotatable bonds is 6. The highest BCUT2D eigenvalue weighted by atomic mass is 79.9. The van der Waals surface area contributed by atoms with Gasteiger partial charge in [-0.05, 0) is 183 Å². The van der Waals surface area contributed by atoms with Crippen LogP contribution in [-0.2, 0) is 40.4 Å². The summed E-state index contributed by atoms with van der Waals surface area (Å²) in [7, 11) is 5.74. The average molecular weight is 1310 g/mol. The summed E-state index contributed by atoms with van der Waals surface area (Å²) >= 11 is 12.9. The van der Waals surface area contributed by atoms with E-state index in [1.165, 1.54) is 33.4 Å². The molecule has 3 unspecified atom stereocenters. The van der Waals surface area contributed by atoms with Crippen LogP contribution in [0.5, 0.6) is 0 Å². The van der Waals surface area contributed by atoms with Crippen LogP contribution in [0.1, 0.15) is 104 Å². The maximum atomic E-state index is 13.3. The van der Waals surface area contributed by atoms with Gasteiger partial charge in [-0.2, -0.15) is 30.6 Å². The van der Waals surface area contributed by atoms with Gasteiger partial charge in [-0.25, -0.2) is 13.5 Å². The van der Waals surface area contributed by atoms with Crippen molar-refractivity contribution < 1.29 is 14.4 Å². The van der Waals surface area contributed by atoms with Gasteiger partial charge in [0.25, 0.3) is 17.7 Å². The quantitative estimate of drug-likeness (QED) is 0.157. The second-order valence-electron chi connectivity index (χ2n) is 22.4. The fourth-order valence-electron chi connectivity index (χ4n) is 12.5. The van der Waals surface area contributed by atoms with Gasteiger partial charge in [0.2, 0.25) is 0 Å². The molecule has 3 aliphatic heterocycles. The first kappa shape index (κ1) is 57.1. The maximum absolute atomic E-state index is 13.3. The van der Waals surface area contributed by atoms with Crippen molar-refractivity contribution in [3.05, 3.63) is 229 Å². The van der Waals surface area contributed by atoms with Gasteiger partial charge in [-0.3, -0.25) is 28.4 Å². The standard InChI is InChI=1S/2C22H20BrN5O.C22H20ClN5O/c1-14-20-9-16(17-11-24-26(2)12-17)4-3-15(20)7-8-27(14)22(29)21-10-19-6-5-18(23)13-28(19)25-21;2*1-14-21-15(4-3-5-19(21)16-11-24-26(2)12-16)8-9-27(14)22(29)20-10-18-7-6-17(23)13-28(18)25-20/h3-6,9-14H,7-8H2,1-2H3;2*3-7,10-14H,8-9H2,1-2H3. The summed E-state index contributed by atoms with van der Waals surface area (Å²) in [5.41, 5.74) is 18.1. The van der Waals surface area contributed by atoms with E-state index in [2.05, 4.69) is 138 Å². The highest BCUT2D eigenvalue weighted by Gasteiger charge is 2.34. The van der Waals surface area contributed by atoms with Crippen molar-refractivity contribution >= 4 is 77.7 Å². The second kappa shape index (κ2) is 23.4. The third-order valence-corrected chi connectivity index (χ3v) is 18.0. The Balaban J connectivity index is 0.000000121. The normalized spacial score (nSPS) is 16.2. The molecule has 0 radical (unpaired) electrons.